The molecule has 1 saturated heterocycles. The summed E-state index contributed by atoms with van der Waals surface area (Å²) in [6, 6.07) is 10.9. The Morgan fingerprint density at radius 1 is 1.13 bits per heavy atom. The molecule has 5 nitrogen and oxygen atoms in total. The van der Waals surface area contributed by atoms with E-state index in [0.717, 1.165) is 28.9 Å². The van der Waals surface area contributed by atoms with Crippen molar-refractivity contribution in [3.63, 3.8) is 0 Å². The number of rotatable bonds is 4. The zero-order valence-electron chi connectivity index (χ0n) is 12.7. The van der Waals surface area contributed by atoms with E-state index < -0.39 is 0 Å². The summed E-state index contributed by atoms with van der Waals surface area (Å²) in [6.45, 7) is 2.02. The van der Waals surface area contributed by atoms with E-state index in [2.05, 4.69) is 26.1 Å². The lowest BCUT2D eigenvalue weighted by Crippen LogP contribution is -2.27. The molecule has 1 fully saturated rings. The molecule has 1 aromatic heterocycles. The van der Waals surface area contributed by atoms with Gasteiger partial charge < -0.3 is 14.8 Å². The van der Waals surface area contributed by atoms with Crippen LogP contribution >= 0.6 is 15.9 Å². The molecule has 6 heteroatoms. The maximum absolute atomic E-state index is 12.3. The third-order valence-corrected chi connectivity index (χ3v) is 4.36. The van der Waals surface area contributed by atoms with Crippen LogP contribution in [0.4, 0.5) is 11.4 Å². The summed E-state index contributed by atoms with van der Waals surface area (Å²) in [5.41, 5.74) is 1.64. The van der Waals surface area contributed by atoms with Crippen LogP contribution < -0.4 is 15.8 Å². The fourth-order valence-electron chi connectivity index (χ4n) is 2.78. The van der Waals surface area contributed by atoms with Crippen molar-refractivity contribution in [2.24, 2.45) is 0 Å². The number of carbonyl (C=O) groups excluding carboxylic acids is 1. The Balaban J connectivity index is 1.75. The number of halogens is 1. The summed E-state index contributed by atoms with van der Waals surface area (Å²) >= 11 is 3.31. The Bertz CT molecular complexity index is 766. The third-order valence-electron chi connectivity index (χ3n) is 3.89. The van der Waals surface area contributed by atoms with E-state index in [4.69, 9.17) is 0 Å². The minimum absolute atomic E-state index is 0.00733. The highest BCUT2D eigenvalue weighted by molar-refractivity contribution is 9.10. The summed E-state index contributed by atoms with van der Waals surface area (Å²) in [7, 11) is 0. The number of hydrogen-bond donors (Lipinski definition) is 1. The van der Waals surface area contributed by atoms with Crippen molar-refractivity contribution in [2.45, 2.75) is 19.4 Å². The smallest absolute Gasteiger partial charge is 0.251 e. The highest BCUT2D eigenvalue weighted by Gasteiger charge is 2.16. The molecule has 0 saturated carbocycles. The molecule has 0 spiro atoms. The molecule has 0 atom stereocenters. The normalized spacial score (nSPS) is 14.0. The number of nitrogens with one attached hydrogen (secondary N) is 1. The minimum Gasteiger partial charge on any atom is -0.370 e. The number of para-hydroxylation sites is 2. The lowest BCUT2D eigenvalue weighted by Gasteiger charge is -2.21. The fraction of sp³-hybridized carbons (Fsp3) is 0.294. The highest BCUT2D eigenvalue weighted by Crippen LogP contribution is 2.28. The first-order chi connectivity index (χ1) is 11.1. The van der Waals surface area contributed by atoms with Gasteiger partial charge in [0.2, 0.25) is 5.91 Å². The van der Waals surface area contributed by atoms with E-state index in [-0.39, 0.29) is 18.0 Å². The van der Waals surface area contributed by atoms with E-state index in [9.17, 15) is 9.59 Å². The number of amides is 1. The van der Waals surface area contributed by atoms with Gasteiger partial charge in [0, 0.05) is 29.8 Å². The molecule has 1 aliphatic rings. The van der Waals surface area contributed by atoms with E-state index >= 15 is 0 Å². The van der Waals surface area contributed by atoms with Crippen LogP contribution in [0.5, 0.6) is 0 Å². The second-order valence-corrected chi connectivity index (χ2v) is 6.49. The lowest BCUT2D eigenvalue weighted by atomic mass is 10.2. The van der Waals surface area contributed by atoms with Crippen molar-refractivity contribution < 1.29 is 4.79 Å². The van der Waals surface area contributed by atoms with Crippen molar-refractivity contribution in [3.05, 3.63) is 57.4 Å². The number of nitrogens with zero attached hydrogens (tertiary/aromatic N) is 2. The zero-order valence-corrected chi connectivity index (χ0v) is 14.3. The molecule has 1 N–H and O–H groups in total. The quantitative estimate of drug-likeness (QED) is 0.893. The number of aromatic nitrogens is 1. The minimum atomic E-state index is -0.211. The van der Waals surface area contributed by atoms with Gasteiger partial charge in [-0.15, -0.1) is 0 Å². The van der Waals surface area contributed by atoms with Crippen molar-refractivity contribution in [2.75, 3.05) is 23.3 Å². The number of anilines is 2. The number of benzene rings is 1. The van der Waals surface area contributed by atoms with Gasteiger partial charge in [0.05, 0.1) is 11.4 Å². The first-order valence-electron chi connectivity index (χ1n) is 7.63. The number of hydrogen-bond acceptors (Lipinski definition) is 3. The van der Waals surface area contributed by atoms with Gasteiger partial charge in [-0.2, -0.15) is 0 Å². The van der Waals surface area contributed by atoms with Crippen molar-refractivity contribution in [3.8, 4) is 0 Å². The molecule has 0 unspecified atom stereocenters. The predicted octanol–water partition coefficient (Wildman–Crippen LogP) is 2.85. The molecule has 3 rings (SSSR count). The summed E-state index contributed by atoms with van der Waals surface area (Å²) in [6.07, 6.45) is 3.97. The van der Waals surface area contributed by atoms with Crippen LogP contribution in [0, 0.1) is 0 Å². The third kappa shape index (κ3) is 3.82. The van der Waals surface area contributed by atoms with Crippen LogP contribution in [0.25, 0.3) is 0 Å². The van der Waals surface area contributed by atoms with Crippen LogP contribution in [-0.4, -0.2) is 23.6 Å². The maximum atomic E-state index is 12.3. The van der Waals surface area contributed by atoms with E-state index in [0.29, 0.717) is 0 Å². The SMILES string of the molecule is O=C(Cn1cc(Br)ccc1=O)Nc1ccccc1N1CCCC1. The summed E-state index contributed by atoms with van der Waals surface area (Å²) in [4.78, 5) is 26.4. The summed E-state index contributed by atoms with van der Waals surface area (Å²) in [5.74, 6) is -0.211. The molecular formula is C17H18BrN3O2. The van der Waals surface area contributed by atoms with Gasteiger partial charge in [-0.1, -0.05) is 12.1 Å². The van der Waals surface area contributed by atoms with Crippen molar-refractivity contribution in [1.82, 2.24) is 4.57 Å². The summed E-state index contributed by atoms with van der Waals surface area (Å²) in [5, 5.41) is 2.93. The summed E-state index contributed by atoms with van der Waals surface area (Å²) < 4.78 is 2.15. The van der Waals surface area contributed by atoms with Gasteiger partial charge in [-0.05, 0) is 47.0 Å². The Morgan fingerprint density at radius 3 is 2.65 bits per heavy atom. The second-order valence-electron chi connectivity index (χ2n) is 5.57. The predicted molar refractivity (Wildman–Crippen MR) is 94.9 cm³/mol. The molecule has 23 heavy (non-hydrogen) atoms. The van der Waals surface area contributed by atoms with Crippen LogP contribution in [0.1, 0.15) is 12.8 Å². The molecule has 120 valence electrons. The molecule has 0 aliphatic carbocycles. The van der Waals surface area contributed by atoms with Gasteiger partial charge >= 0.3 is 0 Å². The molecule has 0 radical (unpaired) electrons. The molecule has 0 bridgehead atoms. The molecule has 1 aromatic carbocycles. The Hall–Kier alpha value is -2.08. The Morgan fingerprint density at radius 2 is 1.87 bits per heavy atom. The average Bonchev–Trinajstić information content (AvgIpc) is 3.05. The van der Waals surface area contributed by atoms with Crippen molar-refractivity contribution >= 4 is 33.2 Å². The standard InChI is InChI=1S/C17H18BrN3O2/c18-13-7-8-17(23)21(11-13)12-16(22)19-14-5-1-2-6-15(14)20-9-3-4-10-20/h1-2,5-8,11H,3-4,9-10,12H2,(H,19,22). The van der Waals surface area contributed by atoms with Crippen LogP contribution in [0.3, 0.4) is 0 Å². The molecule has 2 heterocycles. The molecular weight excluding hydrogens is 358 g/mol. The Labute approximate surface area is 143 Å². The Kier molecular flexibility index (Phi) is 4.81. The first-order valence-corrected chi connectivity index (χ1v) is 8.42. The second kappa shape index (κ2) is 7.00. The number of carbonyl (C=O) groups is 1. The van der Waals surface area contributed by atoms with Crippen LogP contribution in [-0.2, 0) is 11.3 Å². The van der Waals surface area contributed by atoms with Crippen molar-refractivity contribution in [1.29, 1.82) is 0 Å². The monoisotopic (exact) mass is 375 g/mol. The number of pyridine rings is 1. The average molecular weight is 376 g/mol. The molecule has 1 amide bonds. The molecule has 2 aromatic rings. The largest absolute Gasteiger partial charge is 0.370 e. The van der Waals surface area contributed by atoms with E-state index in [1.165, 1.54) is 23.5 Å². The van der Waals surface area contributed by atoms with Gasteiger partial charge in [0.1, 0.15) is 6.54 Å². The highest BCUT2D eigenvalue weighted by atomic mass is 79.9. The van der Waals surface area contributed by atoms with Gasteiger partial charge in [-0.25, -0.2) is 0 Å². The van der Waals surface area contributed by atoms with Gasteiger partial charge in [0.15, 0.2) is 0 Å². The van der Waals surface area contributed by atoms with E-state index in [1.807, 2.05) is 24.3 Å². The van der Waals surface area contributed by atoms with E-state index in [1.54, 1.807) is 12.3 Å². The topological polar surface area (TPSA) is 54.3 Å². The first kappa shape index (κ1) is 15.8. The fourth-order valence-corrected chi connectivity index (χ4v) is 3.16. The zero-order chi connectivity index (χ0) is 16.2. The van der Waals surface area contributed by atoms with Crippen LogP contribution in [0.15, 0.2) is 51.9 Å². The molecule has 1 aliphatic heterocycles. The maximum Gasteiger partial charge on any atom is 0.251 e. The van der Waals surface area contributed by atoms with Gasteiger partial charge in [-0.3, -0.25) is 9.59 Å². The lowest BCUT2D eigenvalue weighted by molar-refractivity contribution is -0.116. The van der Waals surface area contributed by atoms with Gasteiger partial charge in [0.25, 0.3) is 5.56 Å². The van der Waals surface area contributed by atoms with Crippen LogP contribution in [0.2, 0.25) is 0 Å².